The van der Waals surface area contributed by atoms with Crippen LogP contribution in [0.3, 0.4) is 0 Å². The number of aromatic nitrogens is 2. The van der Waals surface area contributed by atoms with Crippen LogP contribution < -0.4 is 15.5 Å². The van der Waals surface area contributed by atoms with Crippen molar-refractivity contribution in [1.82, 2.24) is 9.97 Å². The number of carbonyl (C=O) groups excluding carboxylic acids is 1. The van der Waals surface area contributed by atoms with Gasteiger partial charge in [0.15, 0.2) is 5.82 Å². The minimum absolute atomic E-state index is 0.0751. The summed E-state index contributed by atoms with van der Waals surface area (Å²) >= 11 is 0. The van der Waals surface area contributed by atoms with Crippen LogP contribution in [-0.2, 0) is 0 Å². The number of pyridine rings is 2. The highest BCUT2D eigenvalue weighted by Crippen LogP contribution is 2.44. The van der Waals surface area contributed by atoms with Gasteiger partial charge in [-0.15, -0.1) is 0 Å². The van der Waals surface area contributed by atoms with Gasteiger partial charge in [0.1, 0.15) is 0 Å². The molecule has 3 atom stereocenters. The molecule has 1 fully saturated rings. The van der Waals surface area contributed by atoms with Gasteiger partial charge in [-0.05, 0) is 30.7 Å². The third kappa shape index (κ3) is 2.13. The molecule has 4 heterocycles. The molecule has 2 unspecified atom stereocenters. The van der Waals surface area contributed by atoms with Gasteiger partial charge in [-0.1, -0.05) is 13.0 Å². The fourth-order valence-corrected chi connectivity index (χ4v) is 3.88. The van der Waals surface area contributed by atoms with E-state index in [1.54, 1.807) is 11.1 Å². The zero-order valence-electron chi connectivity index (χ0n) is 13.0. The van der Waals surface area contributed by atoms with E-state index in [1.165, 1.54) is 0 Å². The summed E-state index contributed by atoms with van der Waals surface area (Å²) in [5.74, 6) is 0.939. The van der Waals surface area contributed by atoms with E-state index in [0.717, 1.165) is 24.3 Å². The maximum atomic E-state index is 11.9. The summed E-state index contributed by atoms with van der Waals surface area (Å²) < 4.78 is 0. The molecular weight excluding hydrogens is 290 g/mol. The Hall–Kier alpha value is -2.63. The van der Waals surface area contributed by atoms with Crippen molar-refractivity contribution in [2.24, 2.45) is 5.73 Å². The smallest absolute Gasteiger partial charge is 0.320 e. The van der Waals surface area contributed by atoms with Crippen molar-refractivity contribution >= 4 is 17.5 Å². The zero-order chi connectivity index (χ0) is 16.0. The number of nitrogens with two attached hydrogens (primary N) is 1. The Bertz CT molecular complexity index is 735. The number of hydrogen-bond donors (Lipinski definition) is 1. The average molecular weight is 309 g/mol. The Balaban J connectivity index is 1.74. The molecule has 2 bridgehead atoms. The molecule has 2 aliphatic rings. The van der Waals surface area contributed by atoms with Gasteiger partial charge in [0.25, 0.3) is 0 Å². The Morgan fingerprint density at radius 1 is 1.26 bits per heavy atom. The van der Waals surface area contributed by atoms with Crippen LogP contribution in [0.4, 0.5) is 16.3 Å². The number of rotatable bonds is 2. The van der Waals surface area contributed by atoms with Gasteiger partial charge in [-0.25, -0.2) is 9.78 Å². The van der Waals surface area contributed by atoms with Crippen LogP contribution >= 0.6 is 0 Å². The van der Waals surface area contributed by atoms with E-state index in [1.807, 2.05) is 30.5 Å². The largest absolute Gasteiger partial charge is 0.363 e. The van der Waals surface area contributed by atoms with E-state index in [2.05, 4.69) is 27.9 Å². The minimum Gasteiger partial charge on any atom is -0.363 e. The van der Waals surface area contributed by atoms with Gasteiger partial charge in [0, 0.05) is 36.6 Å². The van der Waals surface area contributed by atoms with E-state index < -0.39 is 6.03 Å². The average Bonchev–Trinajstić information content (AvgIpc) is 2.95. The molecule has 2 aromatic rings. The van der Waals surface area contributed by atoms with Crippen LogP contribution in [0.25, 0.3) is 0 Å². The van der Waals surface area contributed by atoms with Crippen molar-refractivity contribution in [3.05, 3.63) is 48.4 Å². The van der Waals surface area contributed by atoms with E-state index >= 15 is 0 Å². The van der Waals surface area contributed by atoms with Crippen molar-refractivity contribution in [1.29, 1.82) is 0 Å². The quantitative estimate of drug-likeness (QED) is 0.922. The zero-order valence-corrected chi connectivity index (χ0v) is 13.0. The first-order chi connectivity index (χ1) is 11.2. The third-order valence-corrected chi connectivity index (χ3v) is 4.96. The molecule has 2 aromatic heterocycles. The molecule has 0 spiro atoms. The monoisotopic (exact) mass is 309 g/mol. The normalized spacial score (nSPS) is 23.5. The molecule has 0 saturated carbocycles. The number of amides is 2. The second kappa shape index (κ2) is 5.22. The van der Waals surface area contributed by atoms with E-state index in [9.17, 15) is 4.79 Å². The first kappa shape index (κ1) is 14.0. The molecule has 2 N–H and O–H groups in total. The Morgan fingerprint density at radius 2 is 2.09 bits per heavy atom. The second-order valence-corrected chi connectivity index (χ2v) is 6.21. The fraction of sp³-hybridized carbons (Fsp3) is 0.353. The SMILES string of the molecule is C[C@H](c1ccccn1)C1CC2CN1c1cccnc1N2C(N)=O. The highest BCUT2D eigenvalue weighted by molar-refractivity contribution is 5.95. The molecule has 4 rings (SSSR count). The van der Waals surface area contributed by atoms with Gasteiger partial charge in [-0.3, -0.25) is 9.88 Å². The predicted molar refractivity (Wildman–Crippen MR) is 88.5 cm³/mol. The molecule has 0 aliphatic carbocycles. The van der Waals surface area contributed by atoms with Crippen LogP contribution in [0.15, 0.2) is 42.7 Å². The summed E-state index contributed by atoms with van der Waals surface area (Å²) in [6, 6.07) is 9.84. The van der Waals surface area contributed by atoms with Crippen molar-refractivity contribution in [3.63, 3.8) is 0 Å². The Labute approximate surface area is 134 Å². The summed E-state index contributed by atoms with van der Waals surface area (Å²) in [7, 11) is 0. The lowest BCUT2D eigenvalue weighted by Crippen LogP contribution is -2.49. The molecule has 0 radical (unpaired) electrons. The summed E-state index contributed by atoms with van der Waals surface area (Å²) in [5, 5.41) is 0. The molecule has 2 aliphatic heterocycles. The molecule has 6 nitrogen and oxygen atoms in total. The van der Waals surface area contributed by atoms with Crippen LogP contribution in [0.1, 0.15) is 25.0 Å². The number of primary amides is 1. The lowest BCUT2D eigenvalue weighted by atomic mass is 9.95. The summed E-state index contributed by atoms with van der Waals surface area (Å²) in [6.45, 7) is 2.99. The van der Waals surface area contributed by atoms with Gasteiger partial charge in [0.2, 0.25) is 0 Å². The number of carbonyl (C=O) groups is 1. The van der Waals surface area contributed by atoms with E-state index in [4.69, 9.17) is 5.73 Å². The van der Waals surface area contributed by atoms with Crippen molar-refractivity contribution in [2.45, 2.75) is 31.3 Å². The molecule has 0 aromatic carbocycles. The maximum absolute atomic E-state index is 11.9. The summed E-state index contributed by atoms with van der Waals surface area (Å²) in [4.78, 5) is 24.8. The Kier molecular flexibility index (Phi) is 3.18. The number of fused-ring (bicyclic) bond motifs is 4. The van der Waals surface area contributed by atoms with Crippen LogP contribution in [0.5, 0.6) is 0 Å². The molecule has 118 valence electrons. The topological polar surface area (TPSA) is 75.3 Å². The first-order valence-electron chi connectivity index (χ1n) is 7.88. The fourth-order valence-electron chi connectivity index (χ4n) is 3.88. The first-order valence-corrected chi connectivity index (χ1v) is 7.88. The van der Waals surface area contributed by atoms with Gasteiger partial charge < -0.3 is 10.6 Å². The van der Waals surface area contributed by atoms with Gasteiger partial charge in [-0.2, -0.15) is 0 Å². The molecule has 2 amide bonds. The predicted octanol–water partition coefficient (Wildman–Crippen LogP) is 2.13. The van der Waals surface area contributed by atoms with Crippen molar-refractivity contribution in [3.8, 4) is 0 Å². The molecular formula is C17H19N5O. The number of hydrogen-bond acceptors (Lipinski definition) is 4. The number of nitrogens with zero attached hydrogens (tertiary/aromatic N) is 4. The van der Waals surface area contributed by atoms with Crippen molar-refractivity contribution < 1.29 is 4.79 Å². The van der Waals surface area contributed by atoms with Gasteiger partial charge in [0.05, 0.1) is 11.7 Å². The van der Waals surface area contributed by atoms with E-state index in [0.29, 0.717) is 5.82 Å². The number of urea groups is 1. The van der Waals surface area contributed by atoms with Crippen molar-refractivity contribution in [2.75, 3.05) is 16.3 Å². The third-order valence-electron chi connectivity index (χ3n) is 4.96. The van der Waals surface area contributed by atoms with Crippen LogP contribution in [0, 0.1) is 0 Å². The van der Waals surface area contributed by atoms with E-state index in [-0.39, 0.29) is 18.0 Å². The number of anilines is 2. The highest BCUT2D eigenvalue weighted by atomic mass is 16.2. The van der Waals surface area contributed by atoms with Gasteiger partial charge >= 0.3 is 6.03 Å². The lowest BCUT2D eigenvalue weighted by Gasteiger charge is -2.36. The summed E-state index contributed by atoms with van der Waals surface area (Å²) in [5.41, 5.74) is 7.67. The lowest BCUT2D eigenvalue weighted by molar-refractivity contribution is 0.251. The maximum Gasteiger partial charge on any atom is 0.320 e. The minimum atomic E-state index is -0.430. The molecule has 1 saturated heterocycles. The second-order valence-electron chi connectivity index (χ2n) is 6.21. The summed E-state index contributed by atoms with van der Waals surface area (Å²) in [6.07, 6.45) is 4.41. The standard InChI is InChI=1S/C17H19N5O/c1-11(13-5-2-3-7-19-13)15-9-12-10-21(15)14-6-4-8-20-16(14)22(12)17(18)23/h2-8,11-12,15H,9-10H2,1H3,(H2,18,23)/t11-,12?,15?/m1/s1. The molecule has 23 heavy (non-hydrogen) atoms. The van der Waals surface area contributed by atoms with Crippen LogP contribution in [-0.4, -0.2) is 34.6 Å². The highest BCUT2D eigenvalue weighted by Gasteiger charge is 2.46. The molecule has 6 heteroatoms. The Morgan fingerprint density at radius 3 is 2.83 bits per heavy atom. The van der Waals surface area contributed by atoms with Crippen LogP contribution in [0.2, 0.25) is 0 Å².